The minimum absolute atomic E-state index is 0.0117. The van der Waals surface area contributed by atoms with E-state index >= 15 is 0 Å². The number of rotatable bonds is 6. The third kappa shape index (κ3) is 5.46. The van der Waals surface area contributed by atoms with Crippen LogP contribution in [-0.4, -0.2) is 55.5 Å². The maximum absolute atomic E-state index is 12.5. The monoisotopic (exact) mass is 348 g/mol. The highest BCUT2D eigenvalue weighted by Crippen LogP contribution is 2.20. The van der Waals surface area contributed by atoms with Gasteiger partial charge < -0.3 is 15.4 Å². The number of carbonyl (C=O) groups excluding carboxylic acids is 3. The Labute approximate surface area is 146 Å². The number of likely N-dealkylation sites (tertiary alicyclic amines) is 1. The summed E-state index contributed by atoms with van der Waals surface area (Å²) in [6, 6.07) is 6.15. The number of imide groups is 1. The number of ether oxygens (including phenoxy) is 1. The van der Waals surface area contributed by atoms with E-state index in [1.54, 1.807) is 43.2 Å². The lowest BCUT2D eigenvalue weighted by atomic mass is 10.2. The van der Waals surface area contributed by atoms with Gasteiger partial charge in [0.05, 0.1) is 19.7 Å². The zero-order chi connectivity index (χ0) is 18.2. The van der Waals surface area contributed by atoms with Crippen molar-refractivity contribution in [3.63, 3.8) is 0 Å². The number of methoxy groups -OCH3 is 1. The van der Waals surface area contributed by atoms with Gasteiger partial charge in [0.1, 0.15) is 5.75 Å². The van der Waals surface area contributed by atoms with Gasteiger partial charge in [0.2, 0.25) is 11.8 Å². The summed E-state index contributed by atoms with van der Waals surface area (Å²) in [7, 11) is 1.58. The first-order valence-electron chi connectivity index (χ1n) is 8.30. The zero-order valence-electron chi connectivity index (χ0n) is 14.5. The summed E-state index contributed by atoms with van der Waals surface area (Å²) in [5.74, 6) is 0.131. The van der Waals surface area contributed by atoms with Gasteiger partial charge >= 0.3 is 6.03 Å². The predicted molar refractivity (Wildman–Crippen MR) is 93.4 cm³/mol. The SMILES string of the molecule is CCNC(=O)NC(=O)CN1CCC[C@@H]1C(=O)Nc1ccc(OC)cc1. The summed E-state index contributed by atoms with van der Waals surface area (Å²) < 4.78 is 5.09. The molecule has 1 aliphatic heterocycles. The molecule has 3 N–H and O–H groups in total. The van der Waals surface area contributed by atoms with Gasteiger partial charge in [-0.1, -0.05) is 0 Å². The van der Waals surface area contributed by atoms with E-state index in [2.05, 4.69) is 16.0 Å². The van der Waals surface area contributed by atoms with Crippen LogP contribution in [0.3, 0.4) is 0 Å². The Balaban J connectivity index is 1.89. The highest BCUT2D eigenvalue weighted by molar-refractivity contribution is 5.97. The first-order valence-corrected chi connectivity index (χ1v) is 8.30. The number of nitrogens with one attached hydrogen (secondary N) is 3. The third-order valence-corrected chi connectivity index (χ3v) is 3.96. The molecule has 1 fully saturated rings. The Morgan fingerprint density at radius 1 is 1.24 bits per heavy atom. The van der Waals surface area contributed by atoms with Gasteiger partial charge in [-0.3, -0.25) is 19.8 Å². The number of benzene rings is 1. The Kier molecular flexibility index (Phi) is 6.76. The molecule has 1 aromatic rings. The lowest BCUT2D eigenvalue weighted by molar-refractivity contribution is -0.124. The van der Waals surface area contributed by atoms with Crippen LogP contribution in [0, 0.1) is 0 Å². The van der Waals surface area contributed by atoms with Crippen LogP contribution < -0.4 is 20.7 Å². The Bertz CT molecular complexity index is 618. The number of amides is 4. The van der Waals surface area contributed by atoms with Crippen LogP contribution in [0.15, 0.2) is 24.3 Å². The molecule has 0 spiro atoms. The van der Waals surface area contributed by atoms with Crippen LogP contribution in [0.5, 0.6) is 5.75 Å². The molecule has 25 heavy (non-hydrogen) atoms. The molecule has 0 saturated carbocycles. The van der Waals surface area contributed by atoms with Gasteiger partial charge in [0.15, 0.2) is 0 Å². The minimum Gasteiger partial charge on any atom is -0.497 e. The van der Waals surface area contributed by atoms with E-state index in [0.29, 0.717) is 30.9 Å². The van der Waals surface area contributed by atoms with Gasteiger partial charge in [0.25, 0.3) is 0 Å². The van der Waals surface area contributed by atoms with E-state index in [1.807, 2.05) is 0 Å². The normalized spacial score (nSPS) is 17.0. The Morgan fingerprint density at radius 2 is 1.96 bits per heavy atom. The molecule has 1 atom stereocenters. The van der Waals surface area contributed by atoms with Crippen LogP contribution in [0.2, 0.25) is 0 Å². The molecular weight excluding hydrogens is 324 g/mol. The average Bonchev–Trinajstić information content (AvgIpc) is 3.03. The summed E-state index contributed by atoms with van der Waals surface area (Å²) >= 11 is 0. The van der Waals surface area contributed by atoms with E-state index < -0.39 is 11.9 Å². The van der Waals surface area contributed by atoms with Crippen LogP contribution in [0.25, 0.3) is 0 Å². The molecular formula is C17H24N4O4. The van der Waals surface area contributed by atoms with Crippen molar-refractivity contribution in [2.24, 2.45) is 0 Å². The van der Waals surface area contributed by atoms with Gasteiger partial charge in [-0.2, -0.15) is 0 Å². The van der Waals surface area contributed by atoms with Crippen molar-refractivity contribution in [2.75, 3.05) is 32.1 Å². The summed E-state index contributed by atoms with van der Waals surface area (Å²) in [5.41, 5.74) is 0.671. The molecule has 8 heteroatoms. The molecule has 1 saturated heterocycles. The number of hydrogen-bond acceptors (Lipinski definition) is 5. The van der Waals surface area contributed by atoms with Gasteiger partial charge in [0, 0.05) is 12.2 Å². The first kappa shape index (κ1) is 18.7. The molecule has 4 amide bonds. The fourth-order valence-corrected chi connectivity index (χ4v) is 2.77. The predicted octanol–water partition coefficient (Wildman–Crippen LogP) is 0.944. The van der Waals surface area contributed by atoms with E-state index in [4.69, 9.17) is 4.74 Å². The number of urea groups is 1. The summed E-state index contributed by atoms with van der Waals surface area (Å²) in [6.45, 7) is 2.86. The average molecular weight is 348 g/mol. The Hall–Kier alpha value is -2.61. The van der Waals surface area contributed by atoms with Crippen LogP contribution >= 0.6 is 0 Å². The first-order chi connectivity index (χ1) is 12.0. The van der Waals surface area contributed by atoms with Crippen molar-refractivity contribution in [3.8, 4) is 5.75 Å². The largest absolute Gasteiger partial charge is 0.497 e. The highest BCUT2D eigenvalue weighted by Gasteiger charge is 2.32. The molecule has 0 bridgehead atoms. The fraction of sp³-hybridized carbons (Fsp3) is 0.471. The second-order valence-corrected chi connectivity index (χ2v) is 5.75. The lowest BCUT2D eigenvalue weighted by Gasteiger charge is -2.23. The molecule has 0 radical (unpaired) electrons. The van der Waals surface area contributed by atoms with E-state index in [1.165, 1.54) is 0 Å². The number of nitrogens with zero attached hydrogens (tertiary/aromatic N) is 1. The summed E-state index contributed by atoms with van der Waals surface area (Å²) in [4.78, 5) is 37.6. The molecule has 1 aromatic carbocycles. The van der Waals surface area contributed by atoms with Crippen molar-refractivity contribution >= 4 is 23.5 Å². The number of anilines is 1. The number of carbonyl (C=O) groups is 3. The maximum Gasteiger partial charge on any atom is 0.321 e. The van der Waals surface area contributed by atoms with Gasteiger partial charge in [-0.05, 0) is 50.6 Å². The molecule has 0 unspecified atom stereocenters. The zero-order valence-corrected chi connectivity index (χ0v) is 14.5. The van der Waals surface area contributed by atoms with E-state index in [0.717, 1.165) is 6.42 Å². The molecule has 8 nitrogen and oxygen atoms in total. The van der Waals surface area contributed by atoms with Crippen molar-refractivity contribution < 1.29 is 19.1 Å². The molecule has 0 aliphatic carbocycles. The van der Waals surface area contributed by atoms with Gasteiger partial charge in [-0.25, -0.2) is 4.79 Å². The molecule has 1 heterocycles. The van der Waals surface area contributed by atoms with Crippen LogP contribution in [0.1, 0.15) is 19.8 Å². The highest BCUT2D eigenvalue weighted by atomic mass is 16.5. The van der Waals surface area contributed by atoms with Crippen molar-refractivity contribution in [1.82, 2.24) is 15.5 Å². The molecule has 2 rings (SSSR count). The minimum atomic E-state index is -0.522. The lowest BCUT2D eigenvalue weighted by Crippen LogP contribution is -2.48. The molecule has 1 aliphatic rings. The van der Waals surface area contributed by atoms with Crippen LogP contribution in [0.4, 0.5) is 10.5 Å². The Morgan fingerprint density at radius 3 is 2.60 bits per heavy atom. The van der Waals surface area contributed by atoms with E-state index in [9.17, 15) is 14.4 Å². The second kappa shape index (κ2) is 9.03. The third-order valence-electron chi connectivity index (χ3n) is 3.96. The fourth-order valence-electron chi connectivity index (χ4n) is 2.77. The smallest absolute Gasteiger partial charge is 0.321 e. The topological polar surface area (TPSA) is 99.8 Å². The quantitative estimate of drug-likeness (QED) is 0.711. The van der Waals surface area contributed by atoms with Crippen molar-refractivity contribution in [2.45, 2.75) is 25.8 Å². The van der Waals surface area contributed by atoms with Crippen molar-refractivity contribution in [1.29, 1.82) is 0 Å². The van der Waals surface area contributed by atoms with Gasteiger partial charge in [-0.15, -0.1) is 0 Å². The summed E-state index contributed by atoms with van der Waals surface area (Å²) in [5, 5.41) is 7.60. The number of hydrogen-bond donors (Lipinski definition) is 3. The molecule has 0 aromatic heterocycles. The molecule has 136 valence electrons. The van der Waals surface area contributed by atoms with Crippen LogP contribution in [-0.2, 0) is 9.59 Å². The summed E-state index contributed by atoms with van der Waals surface area (Å²) in [6.07, 6.45) is 1.51. The maximum atomic E-state index is 12.5. The van der Waals surface area contributed by atoms with Crippen molar-refractivity contribution in [3.05, 3.63) is 24.3 Å². The standard InChI is InChI=1S/C17H24N4O4/c1-3-18-17(24)20-15(22)11-21-10-4-5-14(21)16(23)19-12-6-8-13(25-2)9-7-12/h6-9,14H,3-5,10-11H2,1-2H3,(H,19,23)(H2,18,20,22,24)/t14-/m1/s1. The van der Waals surface area contributed by atoms with E-state index in [-0.39, 0.29) is 18.5 Å². The second-order valence-electron chi connectivity index (χ2n) is 5.75.